The molecule has 0 saturated heterocycles. The zero-order valence-electron chi connectivity index (χ0n) is 65.0. The third-order valence-corrected chi connectivity index (χ3v) is 16.9. The molecule has 0 saturated carbocycles. The van der Waals surface area contributed by atoms with Gasteiger partial charge in [0.15, 0.2) is 35.8 Å². The first kappa shape index (κ1) is 98.2. The lowest BCUT2D eigenvalue weighted by atomic mass is 9.97. The first-order chi connectivity index (χ1) is 50.8. The Morgan fingerprint density at radius 1 is 0.248 bits per heavy atom. The zero-order chi connectivity index (χ0) is 83.5. The Balaban J connectivity index is 7.22. The number of rotatable bonds is 53. The summed E-state index contributed by atoms with van der Waals surface area (Å²) >= 11 is 0. The highest BCUT2D eigenvalue weighted by atomic mass is 16.4. The van der Waals surface area contributed by atoms with Gasteiger partial charge in [0, 0.05) is 39.3 Å². The van der Waals surface area contributed by atoms with Crippen LogP contribution in [0.1, 0.15) is 160 Å². The van der Waals surface area contributed by atoms with Gasteiger partial charge in [-0.2, -0.15) is 0 Å². The number of carbonyl (C=O) groups excluding carboxylic acids is 11. The lowest BCUT2D eigenvalue weighted by molar-refractivity contribution is -0.142. The van der Waals surface area contributed by atoms with Crippen LogP contribution in [-0.4, -0.2) is 224 Å². The predicted octanol–water partition coefficient (Wildman–Crippen LogP) is -6.75. The van der Waals surface area contributed by atoms with Crippen LogP contribution < -0.4 is 131 Å². The van der Waals surface area contributed by atoms with Gasteiger partial charge in [0.1, 0.15) is 66.5 Å². The van der Waals surface area contributed by atoms with Gasteiger partial charge >= 0.3 is 5.97 Å². The lowest BCUT2D eigenvalue weighted by Crippen LogP contribution is -2.62. The van der Waals surface area contributed by atoms with E-state index in [4.69, 9.17) is 72.6 Å². The fourth-order valence-corrected chi connectivity index (χ4v) is 10.7. The molecular formula is C66H128N30O13. The molecule has 0 aliphatic rings. The largest absolute Gasteiger partial charge is 0.480 e. The molecular weight excluding hydrogens is 1420 g/mol. The fraction of sp³-hybridized carbons (Fsp3) is 0.727. The molecule has 0 rings (SSSR count). The van der Waals surface area contributed by atoms with Gasteiger partial charge in [-0.1, -0.05) is 83.1 Å². The molecule has 0 aromatic heterocycles. The van der Waals surface area contributed by atoms with Gasteiger partial charge in [-0.05, 0) is 113 Å². The van der Waals surface area contributed by atoms with E-state index in [1.807, 2.05) is 0 Å². The van der Waals surface area contributed by atoms with Crippen LogP contribution in [0, 0.1) is 68.0 Å². The molecule has 0 bridgehead atoms. The zero-order valence-corrected chi connectivity index (χ0v) is 65.0. The molecule has 0 fully saturated rings. The first-order valence-corrected chi connectivity index (χ1v) is 36.6. The number of guanidine groups is 6. The van der Waals surface area contributed by atoms with Crippen molar-refractivity contribution in [1.82, 2.24) is 90.4 Å². The minimum atomic E-state index is -1.49. The Hall–Kier alpha value is -10.8. The molecule has 0 heterocycles. The van der Waals surface area contributed by atoms with E-state index >= 15 is 0 Å². The van der Waals surface area contributed by atoms with Crippen LogP contribution in [0.3, 0.4) is 0 Å². The van der Waals surface area contributed by atoms with E-state index in [9.17, 15) is 62.6 Å². The monoisotopic (exact) mass is 1550 g/mol. The number of carboxylic acids is 1. The highest BCUT2D eigenvalue weighted by molar-refractivity contribution is 6.00. The average Bonchev–Trinajstić information content (AvgIpc) is 0.850. The van der Waals surface area contributed by atoms with Crippen molar-refractivity contribution in [1.29, 1.82) is 32.5 Å². The summed E-state index contributed by atoms with van der Waals surface area (Å²) in [5.74, 6) is -16.7. The highest BCUT2D eigenvalue weighted by Crippen LogP contribution is 2.15. The number of carbonyl (C=O) groups is 12. The van der Waals surface area contributed by atoms with E-state index < -0.39 is 191 Å². The molecule has 0 aliphatic heterocycles. The van der Waals surface area contributed by atoms with E-state index in [0.29, 0.717) is 6.42 Å². The maximum atomic E-state index is 14.7. The van der Waals surface area contributed by atoms with Gasteiger partial charge in [-0.15, -0.1) is 0 Å². The SMILES string of the molecule is CC(C)[C@H](NC(=O)[C@H](CCCNC(=N)N)NC(=O)[C@H](CCCNC(=N)N)NC(=O)[C@@H](NC(=O)[C@@H](NC(=O)[C@H](CCCNC(=N)N)NC(=O)[C@@H](NC(=O)[C@@H](NC(=O)[C@@H](N)CCCNC(=N)N)C(C)C)C(C)C)C(C)C)C(C)C)C(=O)N[C@H](C(=O)N[C@@H](CCCNC(=N)N)C(=O)N[C@@H](CCCNC(=N)N)C(=O)O)C(C)C. The Labute approximate surface area is 637 Å². The molecule has 0 aliphatic carbocycles. The number of hydrogen-bond donors (Lipinski definition) is 31. The summed E-state index contributed by atoms with van der Waals surface area (Å²) in [6, 6.07) is -16.3. The molecule has 0 aromatic rings. The van der Waals surface area contributed by atoms with E-state index in [1.54, 1.807) is 83.1 Å². The van der Waals surface area contributed by atoms with Crippen molar-refractivity contribution in [2.45, 2.75) is 233 Å². The van der Waals surface area contributed by atoms with Crippen molar-refractivity contribution in [3.05, 3.63) is 0 Å². The van der Waals surface area contributed by atoms with E-state index in [1.165, 1.54) is 0 Å². The first-order valence-electron chi connectivity index (χ1n) is 36.6. The van der Waals surface area contributed by atoms with Crippen LogP contribution in [0.5, 0.6) is 0 Å². The third kappa shape index (κ3) is 40.7. The Morgan fingerprint density at radius 2 is 0.404 bits per heavy atom. The number of nitrogens with one attached hydrogen (secondary N) is 23. The number of carboxylic acid groups (broad SMARTS) is 1. The van der Waals surface area contributed by atoms with Crippen LogP contribution in [0.4, 0.5) is 0 Å². The average molecular weight is 1550 g/mol. The second kappa shape index (κ2) is 51.5. The van der Waals surface area contributed by atoms with Gasteiger partial charge in [0.25, 0.3) is 0 Å². The maximum absolute atomic E-state index is 14.7. The van der Waals surface area contributed by atoms with Crippen molar-refractivity contribution in [3.63, 3.8) is 0 Å². The van der Waals surface area contributed by atoms with Gasteiger partial charge in [-0.25, -0.2) is 4.79 Å². The summed E-state index contributed by atoms with van der Waals surface area (Å²) < 4.78 is 0. The number of aliphatic carboxylic acids is 1. The standard InChI is InChI=1S/C66H128N30O13/c1-31(2)43(95-59(107)48(36(11)12)93-53(101)41(23-17-29-84-65(76)77)89-56(104)45(33(5)6)94-57(105)46(34(7)8)91-49(97)37(67)19-13-25-80-61(68)69)54(102)87-38(20-14-26-81-62(70)71)50(98)86-40(22-16-28-83-64(74)75)52(100)92-47(35(9)10)58(106)96-44(32(3)4)55(103)88-39(21-15-27-82-63(72)73)51(99)90-42(60(108)109)24-18-30-85-66(78)79/h31-48H,13-30,67H2,1-12H3,(H,86,98)(H,87,102)(H,88,103)(H,89,104)(H,90,99)(H,91,97)(H,92,100)(H,93,101)(H,94,105)(H,95,107)(H,96,106)(H,108,109)(H4,68,69,80)(H4,70,71,81)(H4,72,73,82)(H4,74,75,83)(H4,76,77,84)(H4,78,79,85)/t37-,38-,39-,40-,41-,42-,43-,44-,45-,46-,47-,48-/m0/s1. The van der Waals surface area contributed by atoms with Crippen molar-refractivity contribution in [3.8, 4) is 0 Å². The normalized spacial score (nSPS) is 14.4. The summed E-state index contributed by atoms with van der Waals surface area (Å²) in [6.45, 7) is 20.0. The molecule has 620 valence electrons. The molecule has 11 amide bonds. The quantitative estimate of drug-likeness (QED) is 0.0153. The molecule has 109 heavy (non-hydrogen) atoms. The minimum Gasteiger partial charge on any atom is -0.480 e. The minimum absolute atomic E-state index is 0.0237. The van der Waals surface area contributed by atoms with Gasteiger partial charge in [0.05, 0.1) is 6.04 Å². The second-order valence-electron chi connectivity index (χ2n) is 28.5. The maximum Gasteiger partial charge on any atom is 0.326 e. The van der Waals surface area contributed by atoms with E-state index in [2.05, 4.69) is 90.4 Å². The summed E-state index contributed by atoms with van der Waals surface area (Å²) in [6.07, 6.45) is 0.569. The van der Waals surface area contributed by atoms with Crippen LogP contribution in [0.2, 0.25) is 0 Å². The van der Waals surface area contributed by atoms with Crippen LogP contribution in [0.25, 0.3) is 0 Å². The molecule has 12 atom stereocenters. The summed E-state index contributed by atoms with van der Waals surface area (Å²) in [7, 11) is 0. The number of hydrogen-bond acceptors (Lipinski definition) is 19. The molecule has 43 heteroatoms. The summed E-state index contributed by atoms with van der Waals surface area (Å²) in [5.41, 5.74) is 38.8. The summed E-state index contributed by atoms with van der Waals surface area (Å²) in [5, 5.41) is 99.9. The van der Waals surface area contributed by atoms with Crippen molar-refractivity contribution in [2.75, 3.05) is 39.3 Å². The lowest BCUT2D eigenvalue weighted by Gasteiger charge is -2.31. The third-order valence-electron chi connectivity index (χ3n) is 16.9. The van der Waals surface area contributed by atoms with E-state index in [-0.39, 0.29) is 134 Å². The van der Waals surface area contributed by atoms with Crippen LogP contribution in [0.15, 0.2) is 0 Å². The Bertz CT molecular complexity index is 3060. The smallest absolute Gasteiger partial charge is 0.326 e. The Kier molecular flexibility index (Phi) is 46.4. The molecule has 0 spiro atoms. The van der Waals surface area contributed by atoms with Gasteiger partial charge < -0.3 is 136 Å². The second-order valence-corrected chi connectivity index (χ2v) is 28.5. The molecule has 43 nitrogen and oxygen atoms in total. The predicted molar refractivity (Wildman–Crippen MR) is 411 cm³/mol. The molecule has 0 radical (unpaired) electrons. The van der Waals surface area contributed by atoms with Crippen LogP contribution in [-0.2, 0) is 57.5 Å². The number of amides is 11. The molecule has 0 aromatic carbocycles. The fourth-order valence-electron chi connectivity index (χ4n) is 10.7. The van der Waals surface area contributed by atoms with Gasteiger partial charge in [-0.3, -0.25) is 85.2 Å². The molecule has 0 unspecified atom stereocenters. The number of nitrogens with two attached hydrogens (primary N) is 7. The Morgan fingerprint density at radius 3 is 0.606 bits per heavy atom. The van der Waals surface area contributed by atoms with Crippen molar-refractivity contribution < 1.29 is 62.6 Å². The van der Waals surface area contributed by atoms with E-state index in [0.717, 1.165) is 0 Å². The van der Waals surface area contributed by atoms with Crippen molar-refractivity contribution >= 4 is 107 Å². The summed E-state index contributed by atoms with van der Waals surface area (Å²) in [4.78, 5) is 169. The highest BCUT2D eigenvalue weighted by Gasteiger charge is 2.39. The van der Waals surface area contributed by atoms with Crippen LogP contribution >= 0.6 is 0 Å². The van der Waals surface area contributed by atoms with Crippen molar-refractivity contribution in [2.24, 2.45) is 75.6 Å². The topological polar surface area (TPSA) is 755 Å². The van der Waals surface area contributed by atoms with Gasteiger partial charge in [0.2, 0.25) is 65.0 Å². The molecule has 38 N–H and O–H groups in total.